The molecule has 1 aromatic rings. The van der Waals surface area contributed by atoms with Gasteiger partial charge in [0.15, 0.2) is 0 Å². The third-order valence-electron chi connectivity index (χ3n) is 1.07. The van der Waals surface area contributed by atoms with E-state index in [1.807, 2.05) is 6.07 Å². The zero-order valence-electron chi connectivity index (χ0n) is 5.45. The molecule has 11 heavy (non-hydrogen) atoms. The lowest BCUT2D eigenvalue weighted by Gasteiger charge is -2.01. The van der Waals surface area contributed by atoms with Crippen molar-refractivity contribution < 1.29 is 8.76 Å². The molecule has 60 valence electrons. The van der Waals surface area contributed by atoms with Gasteiger partial charge in [0, 0.05) is 4.47 Å². The molecule has 0 radical (unpaired) electrons. The molecule has 0 aliphatic heterocycles. The van der Waals surface area contributed by atoms with Crippen LogP contribution in [0.5, 0.6) is 0 Å². The van der Waals surface area contributed by atoms with Crippen molar-refractivity contribution in [2.75, 3.05) is 4.72 Å². The molecule has 5 heteroatoms. The molecule has 1 rings (SSSR count). The van der Waals surface area contributed by atoms with Crippen LogP contribution in [0.1, 0.15) is 0 Å². The predicted molar refractivity (Wildman–Crippen MR) is 48.5 cm³/mol. The third-order valence-corrected chi connectivity index (χ3v) is 2.16. The summed E-state index contributed by atoms with van der Waals surface area (Å²) in [5.74, 6) is 0. The molecule has 0 aliphatic carbocycles. The number of benzene rings is 1. The first-order valence-electron chi connectivity index (χ1n) is 2.82. The highest BCUT2D eigenvalue weighted by molar-refractivity contribution is 9.10. The van der Waals surface area contributed by atoms with Gasteiger partial charge in [-0.25, -0.2) is 4.21 Å². The van der Waals surface area contributed by atoms with E-state index >= 15 is 0 Å². The number of nitrogens with one attached hydrogen (secondary N) is 1. The van der Waals surface area contributed by atoms with Gasteiger partial charge in [0.05, 0.1) is 5.69 Å². The first-order valence-corrected chi connectivity index (χ1v) is 4.72. The summed E-state index contributed by atoms with van der Waals surface area (Å²) in [5.41, 5.74) is 0.605. The maximum Gasteiger partial charge on any atom is 0.259 e. The minimum absolute atomic E-state index is 0.605. The standard InChI is InChI=1S/C6H6BrNO2S/c7-5-3-1-2-4-6(5)8-11(9)10/h1-4,8H,(H,9,10). The van der Waals surface area contributed by atoms with E-state index in [1.54, 1.807) is 18.2 Å². The van der Waals surface area contributed by atoms with E-state index in [4.69, 9.17) is 4.55 Å². The molecule has 1 atom stereocenters. The molecule has 1 unspecified atom stereocenters. The van der Waals surface area contributed by atoms with Gasteiger partial charge in [-0.2, -0.15) is 0 Å². The number of halogens is 1. The molecule has 1 aromatic carbocycles. The van der Waals surface area contributed by atoms with E-state index in [0.717, 1.165) is 4.47 Å². The Morgan fingerprint density at radius 3 is 2.64 bits per heavy atom. The van der Waals surface area contributed by atoms with Gasteiger partial charge < -0.3 is 0 Å². The predicted octanol–water partition coefficient (Wildman–Crippen LogP) is 2.00. The summed E-state index contributed by atoms with van der Waals surface area (Å²) < 4.78 is 21.9. The van der Waals surface area contributed by atoms with E-state index in [0.29, 0.717) is 5.69 Å². The van der Waals surface area contributed by atoms with Crippen LogP contribution in [0.3, 0.4) is 0 Å². The first-order chi connectivity index (χ1) is 5.20. The third kappa shape index (κ3) is 2.61. The summed E-state index contributed by atoms with van der Waals surface area (Å²) in [6.45, 7) is 0. The van der Waals surface area contributed by atoms with Crippen molar-refractivity contribution in [1.29, 1.82) is 0 Å². The van der Waals surface area contributed by atoms with Gasteiger partial charge in [-0.3, -0.25) is 9.27 Å². The zero-order chi connectivity index (χ0) is 8.27. The molecule has 0 spiro atoms. The van der Waals surface area contributed by atoms with Crippen molar-refractivity contribution in [3.05, 3.63) is 28.7 Å². The summed E-state index contributed by atoms with van der Waals surface area (Å²) in [4.78, 5) is 0. The van der Waals surface area contributed by atoms with Crippen molar-refractivity contribution in [3.8, 4) is 0 Å². The van der Waals surface area contributed by atoms with Crippen molar-refractivity contribution in [1.82, 2.24) is 0 Å². The van der Waals surface area contributed by atoms with Crippen LogP contribution in [0.2, 0.25) is 0 Å². The SMILES string of the molecule is O=S(O)Nc1ccccc1Br. The zero-order valence-corrected chi connectivity index (χ0v) is 7.85. The van der Waals surface area contributed by atoms with Crippen LogP contribution in [-0.2, 0) is 11.3 Å². The Bertz CT molecular complexity index is 279. The molecule has 0 saturated carbocycles. The van der Waals surface area contributed by atoms with Crippen LogP contribution in [-0.4, -0.2) is 8.76 Å². The van der Waals surface area contributed by atoms with Gasteiger partial charge in [0.1, 0.15) is 0 Å². The Hall–Kier alpha value is -0.390. The Labute approximate surface area is 75.4 Å². The van der Waals surface area contributed by atoms with E-state index in [9.17, 15) is 4.21 Å². The van der Waals surface area contributed by atoms with Crippen molar-refractivity contribution in [3.63, 3.8) is 0 Å². The van der Waals surface area contributed by atoms with E-state index in [2.05, 4.69) is 20.7 Å². The number of anilines is 1. The summed E-state index contributed by atoms with van der Waals surface area (Å²) in [6.07, 6.45) is 0. The highest BCUT2D eigenvalue weighted by Gasteiger charge is 1.98. The van der Waals surface area contributed by atoms with Crippen LogP contribution in [0.4, 0.5) is 5.69 Å². The summed E-state index contributed by atoms with van der Waals surface area (Å²) >= 11 is 1.21. The second-order valence-electron chi connectivity index (χ2n) is 1.83. The number of rotatable bonds is 2. The lowest BCUT2D eigenvalue weighted by atomic mass is 10.3. The molecular weight excluding hydrogens is 230 g/mol. The van der Waals surface area contributed by atoms with Crippen LogP contribution < -0.4 is 4.72 Å². The molecule has 3 nitrogen and oxygen atoms in total. The largest absolute Gasteiger partial charge is 0.289 e. The lowest BCUT2D eigenvalue weighted by Crippen LogP contribution is -2.01. The highest BCUT2D eigenvalue weighted by Crippen LogP contribution is 2.20. The van der Waals surface area contributed by atoms with Gasteiger partial charge in [-0.05, 0) is 28.1 Å². The summed E-state index contributed by atoms with van der Waals surface area (Å²) in [7, 11) is 0. The first kappa shape index (κ1) is 8.70. The number of para-hydroxylation sites is 1. The Morgan fingerprint density at radius 2 is 2.09 bits per heavy atom. The average Bonchev–Trinajstić information content (AvgIpc) is 1.93. The van der Waals surface area contributed by atoms with E-state index < -0.39 is 11.3 Å². The van der Waals surface area contributed by atoms with Crippen molar-refractivity contribution in [2.45, 2.75) is 0 Å². The van der Waals surface area contributed by atoms with Crippen LogP contribution in [0.25, 0.3) is 0 Å². The maximum atomic E-state index is 10.3. The molecule has 0 fully saturated rings. The topological polar surface area (TPSA) is 49.3 Å². The van der Waals surface area contributed by atoms with Crippen molar-refractivity contribution in [2.24, 2.45) is 0 Å². The molecule has 0 amide bonds. The lowest BCUT2D eigenvalue weighted by molar-refractivity contribution is 0.570. The monoisotopic (exact) mass is 235 g/mol. The molecule has 0 saturated heterocycles. The van der Waals surface area contributed by atoms with Gasteiger partial charge in [-0.1, -0.05) is 12.1 Å². The molecule has 0 aromatic heterocycles. The van der Waals surface area contributed by atoms with Gasteiger partial charge in [0.2, 0.25) is 0 Å². The van der Waals surface area contributed by atoms with E-state index in [1.165, 1.54) is 0 Å². The minimum atomic E-state index is -2.01. The quantitative estimate of drug-likeness (QED) is 0.771. The fraction of sp³-hybridized carbons (Fsp3) is 0. The number of hydrogen-bond acceptors (Lipinski definition) is 1. The van der Waals surface area contributed by atoms with Gasteiger partial charge in [-0.15, -0.1) is 0 Å². The number of hydrogen-bond donors (Lipinski definition) is 2. The van der Waals surface area contributed by atoms with Gasteiger partial charge in [0.25, 0.3) is 11.3 Å². The maximum absolute atomic E-state index is 10.3. The molecule has 0 aliphatic rings. The average molecular weight is 236 g/mol. The smallest absolute Gasteiger partial charge is 0.259 e. The second-order valence-corrected chi connectivity index (χ2v) is 3.39. The Kier molecular flexibility index (Phi) is 3.04. The van der Waals surface area contributed by atoms with Crippen LogP contribution >= 0.6 is 15.9 Å². The highest BCUT2D eigenvalue weighted by atomic mass is 79.9. The Morgan fingerprint density at radius 1 is 1.45 bits per heavy atom. The van der Waals surface area contributed by atoms with Crippen LogP contribution in [0, 0.1) is 0 Å². The molecule has 0 bridgehead atoms. The molecule has 0 heterocycles. The van der Waals surface area contributed by atoms with Gasteiger partial charge >= 0.3 is 0 Å². The molecular formula is C6H6BrNO2S. The normalized spacial score (nSPS) is 12.5. The van der Waals surface area contributed by atoms with Crippen LogP contribution in [0.15, 0.2) is 28.7 Å². The van der Waals surface area contributed by atoms with Crippen molar-refractivity contribution >= 4 is 32.9 Å². The summed E-state index contributed by atoms with van der Waals surface area (Å²) in [6, 6.07) is 7.10. The fourth-order valence-corrected chi connectivity index (χ4v) is 1.52. The van der Waals surface area contributed by atoms with E-state index in [-0.39, 0.29) is 0 Å². The minimum Gasteiger partial charge on any atom is -0.289 e. The second kappa shape index (κ2) is 3.85. The Balaban J connectivity index is 2.86. The fourth-order valence-electron chi connectivity index (χ4n) is 0.638. The summed E-state index contributed by atoms with van der Waals surface area (Å²) in [5, 5.41) is 0. The molecule has 2 N–H and O–H groups in total.